The van der Waals surface area contributed by atoms with Gasteiger partial charge in [-0.25, -0.2) is 4.79 Å². The van der Waals surface area contributed by atoms with Crippen molar-refractivity contribution in [1.82, 2.24) is 15.5 Å². The summed E-state index contributed by atoms with van der Waals surface area (Å²) < 4.78 is 5.28. The normalized spacial score (nSPS) is 17.7. The summed E-state index contributed by atoms with van der Waals surface area (Å²) in [6.45, 7) is 6.53. The minimum absolute atomic E-state index is 0.0561. The molecule has 3 amide bonds. The lowest BCUT2D eigenvalue weighted by molar-refractivity contribution is -0.137. The molecule has 0 aromatic rings. The van der Waals surface area contributed by atoms with Crippen molar-refractivity contribution in [2.45, 2.75) is 70.9 Å². The van der Waals surface area contributed by atoms with E-state index in [1.807, 2.05) is 0 Å². The quantitative estimate of drug-likeness (QED) is 0.376. The standard InChI is InChI=1S/C20H36N4O6/c1-20(2,3)30-19(29)23-15(8-4-5-10-21)18(28)24-12-6-7-14(13-24)17(27)22-11-9-16(25)26/h14-15H,4-13,21H2,1-3H3,(H,22,27)(H,23,29)(H,25,26)/t14-,15-/m1/s1. The summed E-state index contributed by atoms with van der Waals surface area (Å²) in [5.41, 5.74) is 4.86. The molecule has 0 spiro atoms. The molecule has 0 unspecified atom stereocenters. The van der Waals surface area contributed by atoms with E-state index in [0.717, 1.165) is 6.42 Å². The summed E-state index contributed by atoms with van der Waals surface area (Å²) >= 11 is 0. The van der Waals surface area contributed by atoms with E-state index in [2.05, 4.69) is 10.6 Å². The molecule has 10 nitrogen and oxygen atoms in total. The van der Waals surface area contributed by atoms with Gasteiger partial charge in [0.25, 0.3) is 0 Å². The van der Waals surface area contributed by atoms with E-state index in [1.165, 1.54) is 0 Å². The number of nitrogens with two attached hydrogens (primary N) is 1. The highest BCUT2D eigenvalue weighted by molar-refractivity contribution is 5.87. The number of hydrogen-bond donors (Lipinski definition) is 4. The Kier molecular flexibility index (Phi) is 10.6. The van der Waals surface area contributed by atoms with Gasteiger partial charge in [0.2, 0.25) is 11.8 Å². The van der Waals surface area contributed by atoms with Gasteiger partial charge in [0.05, 0.1) is 12.3 Å². The first-order valence-electron chi connectivity index (χ1n) is 10.5. The maximum absolute atomic E-state index is 13.1. The van der Waals surface area contributed by atoms with Crippen molar-refractivity contribution < 1.29 is 29.0 Å². The minimum Gasteiger partial charge on any atom is -0.481 e. The molecule has 1 fully saturated rings. The summed E-state index contributed by atoms with van der Waals surface area (Å²) in [4.78, 5) is 49.8. The maximum atomic E-state index is 13.1. The summed E-state index contributed by atoms with van der Waals surface area (Å²) in [6, 6.07) is -0.750. The number of ether oxygens (including phenoxy) is 1. The Morgan fingerprint density at radius 1 is 1.23 bits per heavy atom. The first-order chi connectivity index (χ1) is 14.0. The number of alkyl carbamates (subject to hydrolysis) is 1. The van der Waals surface area contributed by atoms with Crippen LogP contribution in [0.2, 0.25) is 0 Å². The van der Waals surface area contributed by atoms with Crippen molar-refractivity contribution in [3.8, 4) is 0 Å². The predicted octanol–water partition coefficient (Wildman–Crippen LogP) is 0.838. The number of aliphatic carboxylic acids is 1. The third-order valence-electron chi connectivity index (χ3n) is 4.68. The Morgan fingerprint density at radius 2 is 1.93 bits per heavy atom. The maximum Gasteiger partial charge on any atom is 0.408 e. The van der Waals surface area contributed by atoms with Gasteiger partial charge in [-0.05, 0) is 59.4 Å². The Balaban J connectivity index is 2.72. The van der Waals surface area contributed by atoms with E-state index in [-0.39, 0.29) is 31.3 Å². The monoisotopic (exact) mass is 428 g/mol. The summed E-state index contributed by atoms with van der Waals surface area (Å²) in [6.07, 6.45) is 2.31. The molecular formula is C20H36N4O6. The van der Waals surface area contributed by atoms with Gasteiger partial charge < -0.3 is 31.1 Å². The van der Waals surface area contributed by atoms with Crippen molar-refractivity contribution in [1.29, 1.82) is 0 Å². The minimum atomic E-state index is -0.982. The van der Waals surface area contributed by atoms with Gasteiger partial charge in [0, 0.05) is 19.6 Å². The lowest BCUT2D eigenvalue weighted by Crippen LogP contribution is -2.53. The van der Waals surface area contributed by atoms with Gasteiger partial charge in [-0.15, -0.1) is 0 Å². The summed E-state index contributed by atoms with van der Waals surface area (Å²) in [7, 11) is 0. The van der Waals surface area contributed by atoms with E-state index in [9.17, 15) is 19.2 Å². The van der Waals surface area contributed by atoms with Crippen molar-refractivity contribution in [3.05, 3.63) is 0 Å². The van der Waals surface area contributed by atoms with Crippen molar-refractivity contribution in [2.75, 3.05) is 26.2 Å². The smallest absolute Gasteiger partial charge is 0.408 e. The first kappa shape index (κ1) is 25.7. The number of hydrogen-bond acceptors (Lipinski definition) is 6. The van der Waals surface area contributed by atoms with Gasteiger partial charge in [0.1, 0.15) is 11.6 Å². The highest BCUT2D eigenvalue weighted by Crippen LogP contribution is 2.19. The Hall–Kier alpha value is -2.36. The van der Waals surface area contributed by atoms with Crippen LogP contribution >= 0.6 is 0 Å². The molecule has 0 aromatic carbocycles. The lowest BCUT2D eigenvalue weighted by Gasteiger charge is -2.34. The van der Waals surface area contributed by atoms with Crippen LogP contribution in [0, 0.1) is 5.92 Å². The van der Waals surface area contributed by atoms with Crippen LogP contribution in [0.25, 0.3) is 0 Å². The molecule has 0 aromatic heterocycles. The molecule has 1 aliphatic rings. The molecule has 1 aliphatic heterocycles. The second kappa shape index (κ2) is 12.4. The van der Waals surface area contributed by atoms with Crippen molar-refractivity contribution in [3.63, 3.8) is 0 Å². The lowest BCUT2D eigenvalue weighted by atomic mass is 9.96. The Labute approximate surface area is 177 Å². The molecule has 1 heterocycles. The number of amides is 3. The molecule has 0 radical (unpaired) electrons. The number of carbonyl (C=O) groups excluding carboxylic acids is 3. The van der Waals surface area contributed by atoms with Crippen LogP contribution in [-0.4, -0.2) is 71.7 Å². The van der Waals surface area contributed by atoms with Gasteiger partial charge in [-0.1, -0.05) is 0 Å². The van der Waals surface area contributed by atoms with E-state index < -0.39 is 29.6 Å². The number of rotatable bonds is 10. The SMILES string of the molecule is CC(C)(C)OC(=O)N[C@H](CCCCN)C(=O)N1CCC[C@@H](C(=O)NCCC(=O)O)C1. The highest BCUT2D eigenvalue weighted by atomic mass is 16.6. The average Bonchev–Trinajstić information content (AvgIpc) is 2.65. The molecule has 30 heavy (non-hydrogen) atoms. The molecular weight excluding hydrogens is 392 g/mol. The van der Waals surface area contributed by atoms with Gasteiger partial charge in [0.15, 0.2) is 0 Å². The zero-order valence-corrected chi connectivity index (χ0v) is 18.2. The number of carboxylic acid groups (broad SMARTS) is 1. The third-order valence-corrected chi connectivity index (χ3v) is 4.68. The van der Waals surface area contributed by atoms with Crippen LogP contribution in [0.1, 0.15) is 59.3 Å². The zero-order valence-electron chi connectivity index (χ0n) is 18.2. The topological polar surface area (TPSA) is 151 Å². The average molecular weight is 429 g/mol. The fraction of sp³-hybridized carbons (Fsp3) is 0.800. The fourth-order valence-electron chi connectivity index (χ4n) is 3.25. The molecule has 0 saturated carbocycles. The van der Waals surface area contributed by atoms with Crippen LogP contribution in [0.4, 0.5) is 4.79 Å². The molecule has 1 saturated heterocycles. The number of nitrogens with one attached hydrogen (secondary N) is 2. The summed E-state index contributed by atoms with van der Waals surface area (Å²) in [5.74, 6) is -1.89. The fourth-order valence-corrected chi connectivity index (χ4v) is 3.25. The molecule has 0 aliphatic carbocycles. The second-order valence-electron chi connectivity index (χ2n) is 8.54. The molecule has 2 atom stereocenters. The molecule has 0 bridgehead atoms. The molecule has 172 valence electrons. The number of piperidine rings is 1. The number of likely N-dealkylation sites (tertiary alicyclic amines) is 1. The van der Waals surface area contributed by atoms with Crippen LogP contribution in [0.15, 0.2) is 0 Å². The Bertz CT molecular complexity index is 605. The van der Waals surface area contributed by atoms with E-state index >= 15 is 0 Å². The third kappa shape index (κ3) is 9.91. The molecule has 10 heteroatoms. The number of unbranched alkanes of at least 4 members (excludes halogenated alkanes) is 1. The number of carbonyl (C=O) groups is 4. The predicted molar refractivity (Wildman–Crippen MR) is 111 cm³/mol. The van der Waals surface area contributed by atoms with Crippen LogP contribution in [0.3, 0.4) is 0 Å². The molecule has 5 N–H and O–H groups in total. The zero-order chi connectivity index (χ0) is 22.7. The van der Waals surface area contributed by atoms with Crippen molar-refractivity contribution >= 4 is 23.9 Å². The van der Waals surface area contributed by atoms with Crippen LogP contribution in [0.5, 0.6) is 0 Å². The van der Waals surface area contributed by atoms with Gasteiger partial charge in [-0.3, -0.25) is 14.4 Å². The Morgan fingerprint density at radius 3 is 2.53 bits per heavy atom. The van der Waals surface area contributed by atoms with E-state index in [4.69, 9.17) is 15.6 Å². The number of carboxylic acids is 1. The molecule has 1 rings (SSSR count). The summed E-state index contributed by atoms with van der Waals surface area (Å²) in [5, 5.41) is 14.0. The van der Waals surface area contributed by atoms with Gasteiger partial charge >= 0.3 is 12.1 Å². The largest absolute Gasteiger partial charge is 0.481 e. The van der Waals surface area contributed by atoms with Crippen LogP contribution < -0.4 is 16.4 Å². The van der Waals surface area contributed by atoms with E-state index in [1.54, 1.807) is 25.7 Å². The first-order valence-corrected chi connectivity index (χ1v) is 10.5. The second-order valence-corrected chi connectivity index (χ2v) is 8.54. The number of nitrogens with zero attached hydrogens (tertiary/aromatic N) is 1. The van der Waals surface area contributed by atoms with E-state index in [0.29, 0.717) is 38.8 Å². The van der Waals surface area contributed by atoms with Gasteiger partial charge in [-0.2, -0.15) is 0 Å². The highest BCUT2D eigenvalue weighted by Gasteiger charge is 2.33. The van der Waals surface area contributed by atoms with Crippen molar-refractivity contribution in [2.24, 2.45) is 11.7 Å². The van der Waals surface area contributed by atoms with Crippen LogP contribution in [-0.2, 0) is 19.1 Å².